The molecule has 1 aromatic carbocycles. The number of ether oxygens (including phenoxy) is 3. The molecule has 29 heavy (non-hydrogen) atoms. The lowest BCUT2D eigenvalue weighted by Crippen LogP contribution is -2.37. The number of rotatable bonds is 9. The summed E-state index contributed by atoms with van der Waals surface area (Å²) in [5.74, 6) is 1.09. The van der Waals surface area contributed by atoms with Crippen LogP contribution in [0.5, 0.6) is 17.2 Å². The predicted octanol–water partition coefficient (Wildman–Crippen LogP) is 2.91. The van der Waals surface area contributed by atoms with Crippen LogP contribution in [0.15, 0.2) is 17.0 Å². The van der Waals surface area contributed by atoms with Crippen LogP contribution in [0.2, 0.25) is 0 Å². The summed E-state index contributed by atoms with van der Waals surface area (Å²) in [6.45, 7) is 4.25. The Morgan fingerprint density at radius 3 is 2.28 bits per heavy atom. The van der Waals surface area contributed by atoms with Gasteiger partial charge >= 0.3 is 0 Å². The fraction of sp³-hybridized carbons (Fsp3) is 0.450. The van der Waals surface area contributed by atoms with Crippen molar-refractivity contribution in [3.63, 3.8) is 0 Å². The van der Waals surface area contributed by atoms with Crippen LogP contribution in [0.1, 0.15) is 25.8 Å². The van der Waals surface area contributed by atoms with E-state index in [2.05, 4.69) is 5.32 Å². The fourth-order valence-electron chi connectivity index (χ4n) is 2.78. The highest BCUT2D eigenvalue weighted by molar-refractivity contribution is 8.18. The van der Waals surface area contributed by atoms with E-state index in [0.29, 0.717) is 29.2 Å². The molecule has 1 aromatic rings. The molecule has 1 heterocycles. The molecule has 0 unspecified atom stereocenters. The third-order valence-corrected chi connectivity index (χ3v) is 5.02. The second-order valence-corrected chi connectivity index (χ2v) is 7.73. The Bertz CT molecular complexity index is 796. The zero-order valence-corrected chi connectivity index (χ0v) is 18.1. The number of nitrogens with zero attached hydrogens (tertiary/aromatic N) is 1. The van der Waals surface area contributed by atoms with E-state index in [4.69, 9.17) is 14.2 Å². The van der Waals surface area contributed by atoms with Crippen LogP contribution in [-0.2, 0) is 9.59 Å². The molecule has 0 atom stereocenters. The van der Waals surface area contributed by atoms with Gasteiger partial charge in [0.1, 0.15) is 0 Å². The van der Waals surface area contributed by atoms with Gasteiger partial charge in [0.05, 0.1) is 26.2 Å². The number of nitrogens with one attached hydrogen (secondary N) is 1. The lowest BCUT2D eigenvalue weighted by atomic mass is 10.1. The third-order valence-electron chi connectivity index (χ3n) is 4.11. The zero-order chi connectivity index (χ0) is 21.6. The molecule has 0 bridgehead atoms. The van der Waals surface area contributed by atoms with Crippen molar-refractivity contribution in [2.24, 2.45) is 5.92 Å². The Hall–Kier alpha value is -2.68. The normalized spacial score (nSPS) is 15.2. The van der Waals surface area contributed by atoms with E-state index >= 15 is 0 Å². The highest BCUT2D eigenvalue weighted by Gasteiger charge is 2.34. The molecule has 0 aromatic heterocycles. The molecule has 8 nitrogen and oxygen atoms in total. The van der Waals surface area contributed by atoms with Crippen LogP contribution >= 0.6 is 11.8 Å². The smallest absolute Gasteiger partial charge is 0.293 e. The minimum Gasteiger partial charge on any atom is -0.493 e. The van der Waals surface area contributed by atoms with Gasteiger partial charge < -0.3 is 19.5 Å². The number of hydrogen-bond donors (Lipinski definition) is 1. The van der Waals surface area contributed by atoms with E-state index in [1.54, 1.807) is 18.2 Å². The maximum absolute atomic E-state index is 12.6. The first kappa shape index (κ1) is 22.6. The minimum atomic E-state index is -0.396. The SMILES string of the molecule is COc1cc(/C=C2/SC(=O)N(CCNC(=O)CC(C)C)C2=O)cc(OC)c1OC. The van der Waals surface area contributed by atoms with Crippen molar-refractivity contribution in [1.82, 2.24) is 10.2 Å². The summed E-state index contributed by atoms with van der Waals surface area (Å²) >= 11 is 0.856. The van der Waals surface area contributed by atoms with Gasteiger partial charge in [-0.05, 0) is 41.5 Å². The van der Waals surface area contributed by atoms with Crippen molar-refractivity contribution in [2.45, 2.75) is 20.3 Å². The Kier molecular flexibility index (Phi) is 7.95. The Balaban J connectivity index is 2.12. The number of carbonyl (C=O) groups excluding carboxylic acids is 3. The first-order valence-electron chi connectivity index (χ1n) is 9.12. The zero-order valence-electron chi connectivity index (χ0n) is 17.2. The van der Waals surface area contributed by atoms with Gasteiger partial charge in [0, 0.05) is 19.5 Å². The molecule has 2 rings (SSSR count). The van der Waals surface area contributed by atoms with Crippen LogP contribution in [0.4, 0.5) is 4.79 Å². The quantitative estimate of drug-likeness (QED) is 0.612. The third kappa shape index (κ3) is 5.66. The van der Waals surface area contributed by atoms with Crippen LogP contribution < -0.4 is 19.5 Å². The first-order chi connectivity index (χ1) is 13.8. The fourth-order valence-corrected chi connectivity index (χ4v) is 3.64. The molecule has 3 amide bonds. The summed E-state index contributed by atoms with van der Waals surface area (Å²) in [6, 6.07) is 3.39. The molecule has 158 valence electrons. The van der Waals surface area contributed by atoms with Crippen molar-refractivity contribution in [2.75, 3.05) is 34.4 Å². The van der Waals surface area contributed by atoms with E-state index in [0.717, 1.165) is 16.7 Å². The van der Waals surface area contributed by atoms with Gasteiger partial charge in [-0.25, -0.2) is 0 Å². The summed E-state index contributed by atoms with van der Waals surface area (Å²) in [7, 11) is 4.51. The summed E-state index contributed by atoms with van der Waals surface area (Å²) < 4.78 is 15.9. The lowest BCUT2D eigenvalue weighted by Gasteiger charge is -2.14. The highest BCUT2D eigenvalue weighted by Crippen LogP contribution is 2.40. The monoisotopic (exact) mass is 422 g/mol. The number of methoxy groups -OCH3 is 3. The molecular weight excluding hydrogens is 396 g/mol. The van der Waals surface area contributed by atoms with Crippen LogP contribution in [0.3, 0.4) is 0 Å². The van der Waals surface area contributed by atoms with E-state index in [-0.39, 0.29) is 35.1 Å². The number of amides is 3. The number of thioether (sulfide) groups is 1. The van der Waals surface area contributed by atoms with Gasteiger partial charge in [-0.3, -0.25) is 19.3 Å². The van der Waals surface area contributed by atoms with Crippen molar-refractivity contribution in [3.05, 3.63) is 22.6 Å². The molecular formula is C20H26N2O6S. The minimum absolute atomic E-state index is 0.0973. The largest absolute Gasteiger partial charge is 0.493 e. The maximum Gasteiger partial charge on any atom is 0.293 e. The Morgan fingerprint density at radius 1 is 1.14 bits per heavy atom. The molecule has 1 saturated heterocycles. The van der Waals surface area contributed by atoms with Crippen LogP contribution in [-0.4, -0.2) is 56.4 Å². The Morgan fingerprint density at radius 2 is 1.76 bits per heavy atom. The maximum atomic E-state index is 12.6. The van der Waals surface area contributed by atoms with Gasteiger partial charge in [0.2, 0.25) is 11.7 Å². The van der Waals surface area contributed by atoms with Crippen LogP contribution in [0.25, 0.3) is 6.08 Å². The summed E-state index contributed by atoms with van der Waals surface area (Å²) in [4.78, 5) is 38.0. The van der Waals surface area contributed by atoms with Gasteiger partial charge in [-0.15, -0.1) is 0 Å². The van der Waals surface area contributed by atoms with Gasteiger partial charge in [0.25, 0.3) is 11.1 Å². The summed E-state index contributed by atoms with van der Waals surface area (Å²) in [6.07, 6.45) is 2.01. The van der Waals surface area contributed by atoms with E-state index < -0.39 is 5.91 Å². The van der Waals surface area contributed by atoms with Crippen molar-refractivity contribution >= 4 is 34.9 Å². The predicted molar refractivity (Wildman–Crippen MR) is 111 cm³/mol. The highest BCUT2D eigenvalue weighted by atomic mass is 32.2. The second-order valence-electron chi connectivity index (χ2n) is 6.74. The van der Waals surface area contributed by atoms with Crippen molar-refractivity contribution in [1.29, 1.82) is 0 Å². The van der Waals surface area contributed by atoms with Gasteiger partial charge in [-0.1, -0.05) is 13.8 Å². The average molecular weight is 423 g/mol. The molecule has 0 aliphatic carbocycles. The standard InChI is InChI=1S/C20H26N2O6S/c1-12(2)8-17(23)21-6-7-22-19(24)16(29-20(22)25)11-13-9-14(26-3)18(28-5)15(10-13)27-4/h9-12H,6-8H2,1-5H3,(H,21,23)/b16-11+. The summed E-state index contributed by atoms with van der Waals surface area (Å²) in [5.41, 5.74) is 0.634. The second kappa shape index (κ2) is 10.2. The molecule has 1 aliphatic rings. The molecule has 0 spiro atoms. The number of hydrogen-bond acceptors (Lipinski definition) is 7. The number of imide groups is 1. The molecule has 1 fully saturated rings. The van der Waals surface area contributed by atoms with Crippen LogP contribution in [0, 0.1) is 5.92 Å². The van der Waals surface area contributed by atoms with E-state index in [1.165, 1.54) is 21.3 Å². The van der Waals surface area contributed by atoms with Crippen molar-refractivity contribution in [3.8, 4) is 17.2 Å². The van der Waals surface area contributed by atoms with E-state index in [1.807, 2.05) is 13.8 Å². The van der Waals surface area contributed by atoms with Crippen molar-refractivity contribution < 1.29 is 28.6 Å². The average Bonchev–Trinajstić information content (AvgIpc) is 2.93. The molecule has 1 aliphatic heterocycles. The molecule has 9 heteroatoms. The lowest BCUT2D eigenvalue weighted by molar-refractivity contribution is -0.124. The molecule has 1 N–H and O–H groups in total. The van der Waals surface area contributed by atoms with Gasteiger partial charge in [-0.2, -0.15) is 0 Å². The first-order valence-corrected chi connectivity index (χ1v) is 9.94. The molecule has 0 radical (unpaired) electrons. The summed E-state index contributed by atoms with van der Waals surface area (Å²) in [5, 5.41) is 2.36. The molecule has 0 saturated carbocycles. The Labute approximate surface area is 174 Å². The van der Waals surface area contributed by atoms with Gasteiger partial charge in [0.15, 0.2) is 11.5 Å². The topological polar surface area (TPSA) is 94.2 Å². The number of benzene rings is 1. The van der Waals surface area contributed by atoms with E-state index in [9.17, 15) is 14.4 Å². The number of carbonyl (C=O) groups is 3.